The standard InChI is InChI=1S/C30H26NO/c1-18-23-10-6-5-9-21(23)16-26-28(18)30-29-24(13-14-31(30)2)25-15-20(19-7-3-4-8-19)11-12-22(25)17-27(29)32-26/h5-6,9-17,19H,3-4,7-8H2,1-2H3/q+1. The van der Waals surface area contributed by atoms with Gasteiger partial charge in [-0.3, -0.25) is 0 Å². The zero-order valence-electron chi connectivity index (χ0n) is 18.6. The molecule has 0 atom stereocenters. The van der Waals surface area contributed by atoms with Crippen molar-refractivity contribution in [2.24, 2.45) is 7.05 Å². The Labute approximate surface area is 188 Å². The Kier molecular flexibility index (Phi) is 3.73. The molecular weight excluding hydrogens is 390 g/mol. The summed E-state index contributed by atoms with van der Waals surface area (Å²) in [5.41, 5.74) is 5.26. The predicted octanol–water partition coefficient (Wildman–Crippen LogP) is 7.71. The third-order valence-electron chi connectivity index (χ3n) is 7.78. The molecule has 0 spiro atoms. The van der Waals surface area contributed by atoms with E-state index in [2.05, 4.69) is 85.4 Å². The third-order valence-corrected chi connectivity index (χ3v) is 7.78. The van der Waals surface area contributed by atoms with Crippen LogP contribution in [0.1, 0.15) is 42.7 Å². The van der Waals surface area contributed by atoms with E-state index >= 15 is 0 Å². The SMILES string of the molecule is Cc1c2c(cc3ccccc13)Oc1cc3ccc(C4CCCC4)cc3c3cc[n+](C)c-2c13. The van der Waals surface area contributed by atoms with Crippen molar-refractivity contribution in [3.05, 3.63) is 78.0 Å². The number of fused-ring (bicyclic) bond motifs is 5. The molecule has 1 saturated carbocycles. The van der Waals surface area contributed by atoms with Gasteiger partial charge in [0.1, 0.15) is 18.5 Å². The maximum absolute atomic E-state index is 6.62. The van der Waals surface area contributed by atoms with Crippen molar-refractivity contribution in [3.63, 3.8) is 0 Å². The molecule has 32 heavy (non-hydrogen) atoms. The predicted molar refractivity (Wildman–Crippen MR) is 132 cm³/mol. The zero-order valence-corrected chi connectivity index (χ0v) is 18.6. The van der Waals surface area contributed by atoms with E-state index in [1.807, 2.05) is 0 Å². The van der Waals surface area contributed by atoms with Crippen LogP contribution < -0.4 is 9.30 Å². The highest BCUT2D eigenvalue weighted by molar-refractivity contribution is 6.16. The van der Waals surface area contributed by atoms with Crippen LogP contribution in [0.4, 0.5) is 0 Å². The highest BCUT2D eigenvalue weighted by atomic mass is 16.5. The molecule has 0 N–H and O–H groups in total. The lowest BCUT2D eigenvalue weighted by atomic mass is 9.89. The number of pyridine rings is 1. The third kappa shape index (κ3) is 2.44. The second-order valence-corrected chi connectivity index (χ2v) is 9.60. The number of hydrogen-bond donors (Lipinski definition) is 0. The quantitative estimate of drug-likeness (QED) is 0.198. The average molecular weight is 417 g/mol. The summed E-state index contributed by atoms with van der Waals surface area (Å²) in [6.07, 6.45) is 7.59. The van der Waals surface area contributed by atoms with Crippen LogP contribution in [-0.2, 0) is 7.05 Å². The fourth-order valence-electron chi connectivity index (χ4n) is 6.15. The average Bonchev–Trinajstić information content (AvgIpc) is 3.35. The fourth-order valence-corrected chi connectivity index (χ4v) is 6.15. The zero-order chi connectivity index (χ0) is 21.4. The van der Waals surface area contributed by atoms with Crippen LogP contribution in [-0.4, -0.2) is 0 Å². The molecule has 5 aromatic rings. The number of ether oxygens (including phenoxy) is 1. The summed E-state index contributed by atoms with van der Waals surface area (Å²) in [7, 11) is 2.15. The van der Waals surface area contributed by atoms with E-state index in [4.69, 9.17) is 4.74 Å². The van der Waals surface area contributed by atoms with E-state index in [9.17, 15) is 0 Å². The van der Waals surface area contributed by atoms with Gasteiger partial charge in [-0.1, -0.05) is 55.3 Å². The Morgan fingerprint density at radius 3 is 2.47 bits per heavy atom. The van der Waals surface area contributed by atoms with Crippen molar-refractivity contribution in [1.82, 2.24) is 0 Å². The molecule has 0 amide bonds. The van der Waals surface area contributed by atoms with Crippen LogP contribution in [0.25, 0.3) is 43.6 Å². The Balaban J connectivity index is 1.58. The molecule has 0 unspecified atom stereocenters. The van der Waals surface area contributed by atoms with Crippen LogP contribution in [0.15, 0.2) is 66.9 Å². The molecule has 2 aliphatic rings. The number of rotatable bonds is 1. The van der Waals surface area contributed by atoms with Crippen molar-refractivity contribution in [3.8, 4) is 22.8 Å². The first-order valence-corrected chi connectivity index (χ1v) is 11.8. The number of nitrogens with zero attached hydrogens (tertiary/aromatic N) is 1. The number of hydrogen-bond acceptors (Lipinski definition) is 1. The topological polar surface area (TPSA) is 13.1 Å². The van der Waals surface area contributed by atoms with Gasteiger partial charge in [-0.15, -0.1) is 0 Å². The Morgan fingerprint density at radius 2 is 1.59 bits per heavy atom. The van der Waals surface area contributed by atoms with Gasteiger partial charge in [-0.05, 0) is 70.5 Å². The highest BCUT2D eigenvalue weighted by Crippen LogP contribution is 2.50. The molecule has 0 bridgehead atoms. The van der Waals surface area contributed by atoms with Crippen LogP contribution >= 0.6 is 0 Å². The largest absolute Gasteiger partial charge is 0.456 e. The van der Waals surface area contributed by atoms with Gasteiger partial charge in [0.2, 0.25) is 5.69 Å². The lowest BCUT2D eigenvalue weighted by Crippen LogP contribution is -2.31. The first kappa shape index (κ1) is 18.2. The van der Waals surface area contributed by atoms with Crippen LogP contribution in [0.2, 0.25) is 0 Å². The maximum Gasteiger partial charge on any atom is 0.228 e. The summed E-state index contributed by atoms with van der Waals surface area (Å²) < 4.78 is 8.88. The van der Waals surface area contributed by atoms with Gasteiger partial charge in [-0.25, -0.2) is 4.57 Å². The Bertz CT molecular complexity index is 1570. The van der Waals surface area contributed by atoms with Crippen LogP contribution in [0.3, 0.4) is 0 Å². The first-order chi connectivity index (χ1) is 15.7. The lowest BCUT2D eigenvalue weighted by Gasteiger charge is -2.23. The minimum absolute atomic E-state index is 0.715. The van der Waals surface area contributed by atoms with Gasteiger partial charge in [0.15, 0.2) is 6.20 Å². The smallest absolute Gasteiger partial charge is 0.228 e. The number of benzene rings is 4. The van der Waals surface area contributed by atoms with Gasteiger partial charge in [-0.2, -0.15) is 0 Å². The van der Waals surface area contributed by atoms with Crippen molar-refractivity contribution in [2.75, 3.05) is 0 Å². The van der Waals surface area contributed by atoms with E-state index in [0.717, 1.165) is 11.5 Å². The molecule has 2 nitrogen and oxygen atoms in total. The molecule has 1 fully saturated rings. The van der Waals surface area contributed by atoms with E-state index < -0.39 is 0 Å². The fraction of sp³-hybridized carbons (Fsp3) is 0.233. The molecule has 0 radical (unpaired) electrons. The minimum Gasteiger partial charge on any atom is -0.456 e. The van der Waals surface area contributed by atoms with Crippen molar-refractivity contribution in [1.29, 1.82) is 0 Å². The van der Waals surface area contributed by atoms with Crippen LogP contribution in [0.5, 0.6) is 11.5 Å². The maximum atomic E-state index is 6.62. The summed E-state index contributed by atoms with van der Waals surface area (Å²) in [6.45, 7) is 2.23. The minimum atomic E-state index is 0.715. The Hall–Kier alpha value is -3.39. The molecule has 7 rings (SSSR count). The van der Waals surface area contributed by atoms with Gasteiger partial charge in [0.25, 0.3) is 0 Å². The molecular formula is C30H26NO+. The molecule has 1 aliphatic carbocycles. The summed E-state index contributed by atoms with van der Waals surface area (Å²) in [6, 6.07) is 22.4. The summed E-state index contributed by atoms with van der Waals surface area (Å²) >= 11 is 0. The Morgan fingerprint density at radius 1 is 0.812 bits per heavy atom. The molecule has 4 aromatic carbocycles. The van der Waals surface area contributed by atoms with E-state index in [-0.39, 0.29) is 0 Å². The monoisotopic (exact) mass is 416 g/mol. The second kappa shape index (κ2) is 6.56. The molecule has 2 heteroatoms. The summed E-state index contributed by atoms with van der Waals surface area (Å²) in [4.78, 5) is 0. The van der Waals surface area contributed by atoms with Gasteiger partial charge >= 0.3 is 0 Å². The highest BCUT2D eigenvalue weighted by Gasteiger charge is 2.31. The lowest BCUT2D eigenvalue weighted by molar-refractivity contribution is -0.659. The van der Waals surface area contributed by atoms with Gasteiger partial charge in [0.05, 0.1) is 10.9 Å². The van der Waals surface area contributed by atoms with Crippen molar-refractivity contribution >= 4 is 32.3 Å². The van der Waals surface area contributed by atoms with E-state index in [1.165, 1.54) is 80.4 Å². The number of aryl methyl sites for hydroxylation is 2. The number of aromatic nitrogens is 1. The van der Waals surface area contributed by atoms with Crippen molar-refractivity contribution in [2.45, 2.75) is 38.5 Å². The molecule has 0 saturated heterocycles. The molecule has 1 aliphatic heterocycles. The first-order valence-electron chi connectivity index (χ1n) is 11.8. The molecule has 156 valence electrons. The van der Waals surface area contributed by atoms with Crippen molar-refractivity contribution < 1.29 is 9.30 Å². The van der Waals surface area contributed by atoms with E-state index in [1.54, 1.807) is 0 Å². The van der Waals surface area contributed by atoms with Gasteiger partial charge < -0.3 is 4.74 Å². The summed E-state index contributed by atoms with van der Waals surface area (Å²) in [5.74, 6) is 2.64. The normalized spacial score (nSPS) is 15.4. The molecule has 2 heterocycles. The van der Waals surface area contributed by atoms with Crippen LogP contribution in [0, 0.1) is 6.92 Å². The molecule has 1 aromatic heterocycles. The van der Waals surface area contributed by atoms with E-state index in [0.29, 0.717) is 5.92 Å². The summed E-state index contributed by atoms with van der Waals surface area (Å²) in [5, 5.41) is 7.65. The second-order valence-electron chi connectivity index (χ2n) is 9.60. The van der Waals surface area contributed by atoms with Gasteiger partial charge in [0, 0.05) is 11.5 Å².